The molecule has 0 atom stereocenters. The predicted octanol–water partition coefficient (Wildman–Crippen LogP) is 2.84. The minimum Gasteiger partial charge on any atom is -0.457 e. The highest BCUT2D eigenvalue weighted by Crippen LogP contribution is 2.23. The van der Waals surface area contributed by atoms with Gasteiger partial charge < -0.3 is 15.8 Å². The zero-order chi connectivity index (χ0) is 14.2. The third-order valence-corrected chi connectivity index (χ3v) is 2.43. The van der Waals surface area contributed by atoms with Gasteiger partial charge in [0.2, 0.25) is 0 Å². The molecule has 0 bridgehead atoms. The molecule has 20 heavy (non-hydrogen) atoms. The fraction of sp³-hybridized carbons (Fsp3) is 0.0625. The average molecular weight is 265 g/mol. The van der Waals surface area contributed by atoms with Crippen molar-refractivity contribution in [3.63, 3.8) is 0 Å². The van der Waals surface area contributed by atoms with Crippen LogP contribution in [0.25, 0.3) is 0 Å². The van der Waals surface area contributed by atoms with Crippen molar-refractivity contribution in [2.75, 3.05) is 11.9 Å². The van der Waals surface area contributed by atoms with E-state index in [1.54, 1.807) is 0 Å². The Hall–Kier alpha value is -2.93. The maximum atomic E-state index is 5.73. The number of benzene rings is 2. The molecule has 3 N–H and O–H groups in total. The Morgan fingerprint density at radius 3 is 2.65 bits per heavy atom. The maximum Gasteiger partial charge on any atom is 0.194 e. The van der Waals surface area contributed by atoms with E-state index in [2.05, 4.69) is 16.2 Å². The van der Waals surface area contributed by atoms with Gasteiger partial charge in [-0.3, -0.25) is 0 Å². The standard InChI is InChI=1S/C16H15N3O/c1-2-11-18-16(17)19-13-7-6-10-15(12-13)20-14-8-4-3-5-9-14/h1,3-10,12H,11H2,(H3,17,18,19). The van der Waals surface area contributed by atoms with Crippen LogP contribution in [0.5, 0.6) is 11.5 Å². The normalized spacial score (nSPS) is 10.7. The van der Waals surface area contributed by atoms with Gasteiger partial charge in [0.15, 0.2) is 5.96 Å². The summed E-state index contributed by atoms with van der Waals surface area (Å²) in [4.78, 5) is 3.96. The van der Waals surface area contributed by atoms with Crippen LogP contribution in [0, 0.1) is 12.3 Å². The van der Waals surface area contributed by atoms with Crippen LogP contribution >= 0.6 is 0 Å². The summed E-state index contributed by atoms with van der Waals surface area (Å²) < 4.78 is 5.73. The van der Waals surface area contributed by atoms with E-state index in [9.17, 15) is 0 Å². The predicted molar refractivity (Wildman–Crippen MR) is 81.9 cm³/mol. The molecular weight excluding hydrogens is 250 g/mol. The van der Waals surface area contributed by atoms with Gasteiger partial charge >= 0.3 is 0 Å². The number of anilines is 1. The molecule has 0 aliphatic rings. The van der Waals surface area contributed by atoms with Crippen molar-refractivity contribution in [2.45, 2.75) is 0 Å². The first-order chi connectivity index (χ1) is 9.78. The lowest BCUT2D eigenvalue weighted by atomic mass is 10.3. The van der Waals surface area contributed by atoms with Gasteiger partial charge in [0, 0.05) is 11.8 Å². The van der Waals surface area contributed by atoms with Gasteiger partial charge in [0.25, 0.3) is 0 Å². The van der Waals surface area contributed by atoms with Crippen molar-refractivity contribution in [3.8, 4) is 23.8 Å². The highest BCUT2D eigenvalue weighted by Gasteiger charge is 1.99. The third kappa shape index (κ3) is 4.07. The van der Waals surface area contributed by atoms with Gasteiger partial charge in [-0.1, -0.05) is 30.2 Å². The molecule has 0 amide bonds. The molecule has 0 saturated heterocycles. The number of nitrogens with two attached hydrogens (primary N) is 1. The number of rotatable bonds is 4. The molecule has 4 heteroatoms. The van der Waals surface area contributed by atoms with Gasteiger partial charge in [0.1, 0.15) is 18.0 Å². The Balaban J connectivity index is 2.07. The smallest absolute Gasteiger partial charge is 0.194 e. The van der Waals surface area contributed by atoms with Crippen molar-refractivity contribution in [1.82, 2.24) is 0 Å². The largest absolute Gasteiger partial charge is 0.457 e. The molecule has 2 aromatic rings. The zero-order valence-electron chi connectivity index (χ0n) is 10.9. The molecule has 0 aliphatic heterocycles. The van der Waals surface area contributed by atoms with E-state index in [1.807, 2.05) is 54.6 Å². The lowest BCUT2D eigenvalue weighted by Gasteiger charge is -2.09. The number of hydrogen-bond acceptors (Lipinski definition) is 2. The van der Waals surface area contributed by atoms with Crippen molar-refractivity contribution in [3.05, 3.63) is 54.6 Å². The molecular formula is C16H15N3O. The molecule has 0 radical (unpaired) electrons. The monoisotopic (exact) mass is 265 g/mol. The Morgan fingerprint density at radius 1 is 1.15 bits per heavy atom. The second kappa shape index (κ2) is 6.86. The van der Waals surface area contributed by atoms with Gasteiger partial charge in [-0.05, 0) is 24.3 Å². The van der Waals surface area contributed by atoms with Crippen LogP contribution in [0.2, 0.25) is 0 Å². The minimum absolute atomic E-state index is 0.249. The Kier molecular flexibility index (Phi) is 4.63. The summed E-state index contributed by atoms with van der Waals surface area (Å²) in [5.41, 5.74) is 6.49. The first-order valence-corrected chi connectivity index (χ1v) is 6.11. The van der Waals surface area contributed by atoms with Crippen LogP contribution in [0.4, 0.5) is 5.69 Å². The minimum atomic E-state index is 0.249. The van der Waals surface area contributed by atoms with Gasteiger partial charge in [-0.2, -0.15) is 0 Å². The first-order valence-electron chi connectivity index (χ1n) is 6.11. The molecule has 0 aromatic heterocycles. The molecule has 2 rings (SSSR count). The molecule has 0 heterocycles. The molecule has 0 unspecified atom stereocenters. The molecule has 0 saturated carbocycles. The topological polar surface area (TPSA) is 59.6 Å². The molecule has 2 aromatic carbocycles. The number of guanidine groups is 1. The van der Waals surface area contributed by atoms with Crippen molar-refractivity contribution < 1.29 is 4.74 Å². The van der Waals surface area contributed by atoms with Crippen LogP contribution in [-0.2, 0) is 0 Å². The number of hydrogen-bond donors (Lipinski definition) is 2. The second-order valence-electron chi connectivity index (χ2n) is 3.97. The summed E-state index contributed by atoms with van der Waals surface area (Å²) in [6, 6.07) is 17.0. The van der Waals surface area contributed by atoms with Crippen LogP contribution in [0.3, 0.4) is 0 Å². The van der Waals surface area contributed by atoms with Crippen LogP contribution in [0.1, 0.15) is 0 Å². The fourth-order valence-electron chi connectivity index (χ4n) is 1.58. The van der Waals surface area contributed by atoms with E-state index in [1.165, 1.54) is 0 Å². The van der Waals surface area contributed by atoms with E-state index in [0.717, 1.165) is 11.4 Å². The Labute approximate surface area is 118 Å². The summed E-state index contributed by atoms with van der Waals surface area (Å²) in [6.45, 7) is 0.249. The number of para-hydroxylation sites is 1. The average Bonchev–Trinajstić information content (AvgIpc) is 2.46. The number of nitrogens with one attached hydrogen (secondary N) is 1. The summed E-state index contributed by atoms with van der Waals surface area (Å²) in [6.07, 6.45) is 5.12. The summed E-state index contributed by atoms with van der Waals surface area (Å²) in [5, 5.41) is 2.96. The fourth-order valence-corrected chi connectivity index (χ4v) is 1.58. The Bertz CT molecular complexity index is 630. The van der Waals surface area contributed by atoms with Crippen molar-refractivity contribution >= 4 is 11.6 Å². The van der Waals surface area contributed by atoms with E-state index in [-0.39, 0.29) is 12.5 Å². The van der Waals surface area contributed by atoms with Crippen molar-refractivity contribution in [1.29, 1.82) is 0 Å². The van der Waals surface area contributed by atoms with Gasteiger partial charge in [-0.15, -0.1) is 6.42 Å². The quantitative estimate of drug-likeness (QED) is 0.507. The lowest BCUT2D eigenvalue weighted by molar-refractivity contribution is 0.483. The van der Waals surface area contributed by atoms with Gasteiger partial charge in [-0.25, -0.2) is 4.99 Å². The van der Waals surface area contributed by atoms with Crippen molar-refractivity contribution in [2.24, 2.45) is 10.7 Å². The summed E-state index contributed by atoms with van der Waals surface area (Å²) >= 11 is 0. The van der Waals surface area contributed by atoms with Crippen LogP contribution in [0.15, 0.2) is 59.6 Å². The van der Waals surface area contributed by atoms with Gasteiger partial charge in [0.05, 0.1) is 0 Å². The molecule has 0 fully saturated rings. The number of ether oxygens (including phenoxy) is 1. The summed E-state index contributed by atoms with van der Waals surface area (Å²) in [7, 11) is 0. The number of terminal acetylenes is 1. The third-order valence-electron chi connectivity index (χ3n) is 2.43. The molecule has 4 nitrogen and oxygen atoms in total. The van der Waals surface area contributed by atoms with E-state index >= 15 is 0 Å². The second-order valence-corrected chi connectivity index (χ2v) is 3.97. The molecule has 100 valence electrons. The number of aliphatic imine (C=N–C) groups is 1. The highest BCUT2D eigenvalue weighted by molar-refractivity contribution is 5.92. The van der Waals surface area contributed by atoms with E-state index in [4.69, 9.17) is 16.9 Å². The highest BCUT2D eigenvalue weighted by atomic mass is 16.5. The van der Waals surface area contributed by atoms with Crippen LogP contribution in [-0.4, -0.2) is 12.5 Å². The van der Waals surface area contributed by atoms with Crippen LogP contribution < -0.4 is 15.8 Å². The number of nitrogens with zero attached hydrogens (tertiary/aromatic N) is 1. The molecule has 0 spiro atoms. The first kappa shape index (κ1) is 13.5. The SMILES string of the molecule is C#CCN=C(N)Nc1cccc(Oc2ccccc2)c1. The zero-order valence-corrected chi connectivity index (χ0v) is 10.9. The lowest BCUT2D eigenvalue weighted by Crippen LogP contribution is -2.22. The maximum absolute atomic E-state index is 5.73. The van der Waals surface area contributed by atoms with E-state index in [0.29, 0.717) is 5.75 Å². The molecule has 0 aliphatic carbocycles. The summed E-state index contributed by atoms with van der Waals surface area (Å²) in [5.74, 6) is 4.16. The Morgan fingerprint density at radius 2 is 1.90 bits per heavy atom. The van der Waals surface area contributed by atoms with E-state index < -0.39 is 0 Å².